The molecular weight excluding hydrogens is 366 g/mol. The predicted octanol–water partition coefficient (Wildman–Crippen LogP) is 1.96. The summed E-state index contributed by atoms with van der Waals surface area (Å²) in [5, 5.41) is 14.2. The quantitative estimate of drug-likeness (QED) is 0.718. The summed E-state index contributed by atoms with van der Waals surface area (Å²) in [6.07, 6.45) is 3.34. The summed E-state index contributed by atoms with van der Waals surface area (Å²) in [5.41, 5.74) is 7.11. The lowest BCUT2D eigenvalue weighted by Gasteiger charge is -2.29. The highest BCUT2D eigenvalue weighted by Gasteiger charge is 2.24. The van der Waals surface area contributed by atoms with Gasteiger partial charge < -0.3 is 15.4 Å². The predicted molar refractivity (Wildman–Crippen MR) is 98.7 cm³/mol. The summed E-state index contributed by atoms with van der Waals surface area (Å²) >= 11 is 1.65. The second-order valence-electron chi connectivity index (χ2n) is 6.31. The Labute approximate surface area is 159 Å². The summed E-state index contributed by atoms with van der Waals surface area (Å²) in [6, 6.07) is 7.20. The summed E-state index contributed by atoms with van der Waals surface area (Å²) in [7, 11) is 0. The minimum absolute atomic E-state index is 0.340. The molecule has 0 bridgehead atoms. The molecule has 0 aliphatic carbocycles. The smallest absolute Gasteiger partial charge is 0.314 e. The summed E-state index contributed by atoms with van der Waals surface area (Å²) in [5.74, 6) is 1.14. The number of ether oxygens (including phenoxy) is 1. The topological polar surface area (TPSA) is 112 Å². The molecule has 9 nitrogen and oxygen atoms in total. The van der Waals surface area contributed by atoms with Crippen molar-refractivity contribution in [1.82, 2.24) is 30.1 Å². The van der Waals surface area contributed by atoms with Crippen molar-refractivity contribution < 1.29 is 9.53 Å². The zero-order valence-corrected chi connectivity index (χ0v) is 15.4. The van der Waals surface area contributed by atoms with E-state index in [0.717, 1.165) is 35.0 Å². The number of primary amides is 1. The van der Waals surface area contributed by atoms with Gasteiger partial charge in [-0.1, -0.05) is 0 Å². The molecule has 1 saturated heterocycles. The number of thiazole rings is 1. The second kappa shape index (κ2) is 7.70. The third-order valence-electron chi connectivity index (χ3n) is 4.56. The van der Waals surface area contributed by atoms with Gasteiger partial charge in [0.25, 0.3) is 0 Å². The van der Waals surface area contributed by atoms with E-state index in [1.54, 1.807) is 27.2 Å². The van der Waals surface area contributed by atoms with Crippen LogP contribution in [0.4, 0.5) is 4.79 Å². The van der Waals surface area contributed by atoms with Crippen LogP contribution < -0.4 is 10.5 Å². The Morgan fingerprint density at radius 1 is 1.26 bits per heavy atom. The van der Waals surface area contributed by atoms with Crippen LogP contribution in [-0.4, -0.2) is 49.2 Å². The van der Waals surface area contributed by atoms with Gasteiger partial charge in [-0.3, -0.25) is 0 Å². The molecule has 140 valence electrons. The van der Waals surface area contributed by atoms with Gasteiger partial charge in [0.1, 0.15) is 18.7 Å². The molecule has 0 saturated carbocycles. The Morgan fingerprint density at radius 3 is 2.70 bits per heavy atom. The van der Waals surface area contributed by atoms with E-state index in [9.17, 15) is 4.79 Å². The maximum absolute atomic E-state index is 11.2. The van der Waals surface area contributed by atoms with E-state index < -0.39 is 0 Å². The number of tetrazole rings is 1. The van der Waals surface area contributed by atoms with E-state index in [-0.39, 0.29) is 6.03 Å². The third kappa shape index (κ3) is 4.05. The first kappa shape index (κ1) is 17.4. The van der Waals surface area contributed by atoms with Crippen LogP contribution in [0.3, 0.4) is 0 Å². The molecule has 1 fully saturated rings. The molecule has 1 aromatic carbocycles. The van der Waals surface area contributed by atoms with E-state index in [1.807, 2.05) is 29.6 Å². The molecule has 0 unspecified atom stereocenters. The zero-order chi connectivity index (χ0) is 18.6. The fraction of sp³-hybridized carbons (Fsp3) is 0.353. The van der Waals surface area contributed by atoms with Gasteiger partial charge in [-0.05, 0) is 47.5 Å². The molecule has 2 aromatic heterocycles. The van der Waals surface area contributed by atoms with E-state index >= 15 is 0 Å². The number of carbonyl (C=O) groups excluding carboxylic acids is 1. The minimum Gasteiger partial charge on any atom is -0.487 e. The summed E-state index contributed by atoms with van der Waals surface area (Å²) < 4.78 is 7.41. The molecule has 0 radical (unpaired) electrons. The van der Waals surface area contributed by atoms with Crippen molar-refractivity contribution >= 4 is 17.4 Å². The third-order valence-corrected chi connectivity index (χ3v) is 5.62. The SMILES string of the molecule is NC(=O)N1CCC(c2nc(COc3ccc(-n4cnnn4)cc3)cs2)CC1. The Morgan fingerprint density at radius 2 is 2.04 bits per heavy atom. The fourth-order valence-electron chi connectivity index (χ4n) is 3.06. The second-order valence-corrected chi connectivity index (χ2v) is 7.20. The number of urea groups is 1. The molecule has 1 aliphatic heterocycles. The molecule has 2 N–H and O–H groups in total. The van der Waals surface area contributed by atoms with Gasteiger partial charge >= 0.3 is 6.03 Å². The first-order valence-corrected chi connectivity index (χ1v) is 9.52. The Bertz CT molecular complexity index is 886. The summed E-state index contributed by atoms with van der Waals surface area (Å²) in [6.45, 7) is 1.80. The number of aromatic nitrogens is 5. The Hall–Kier alpha value is -3.01. The highest BCUT2D eigenvalue weighted by atomic mass is 32.1. The largest absolute Gasteiger partial charge is 0.487 e. The van der Waals surface area contributed by atoms with Crippen molar-refractivity contribution in [2.45, 2.75) is 25.4 Å². The van der Waals surface area contributed by atoms with E-state index in [1.165, 1.54) is 0 Å². The zero-order valence-electron chi connectivity index (χ0n) is 14.6. The van der Waals surface area contributed by atoms with Crippen LogP contribution in [0.2, 0.25) is 0 Å². The monoisotopic (exact) mass is 385 g/mol. The lowest BCUT2D eigenvalue weighted by Crippen LogP contribution is -2.41. The fourth-order valence-corrected chi connectivity index (χ4v) is 4.03. The summed E-state index contributed by atoms with van der Waals surface area (Å²) in [4.78, 5) is 17.6. The molecule has 0 spiro atoms. The molecular formula is C17H19N7O2S. The van der Waals surface area contributed by atoms with Gasteiger partial charge in [0.2, 0.25) is 0 Å². The van der Waals surface area contributed by atoms with Crippen molar-refractivity contribution in [1.29, 1.82) is 0 Å². The molecule has 3 aromatic rings. The number of hydrogen-bond acceptors (Lipinski definition) is 7. The molecule has 27 heavy (non-hydrogen) atoms. The molecule has 4 rings (SSSR count). The highest BCUT2D eigenvalue weighted by Crippen LogP contribution is 2.30. The maximum Gasteiger partial charge on any atom is 0.314 e. The first-order chi connectivity index (χ1) is 13.2. The molecule has 0 atom stereocenters. The maximum atomic E-state index is 11.2. The number of amides is 2. The number of nitrogens with zero attached hydrogens (tertiary/aromatic N) is 6. The number of hydrogen-bond donors (Lipinski definition) is 1. The lowest BCUT2D eigenvalue weighted by atomic mass is 9.98. The Kier molecular flexibility index (Phi) is 4.97. The van der Waals surface area contributed by atoms with E-state index in [0.29, 0.717) is 25.6 Å². The van der Waals surface area contributed by atoms with Gasteiger partial charge in [0.05, 0.1) is 16.4 Å². The number of benzene rings is 1. The molecule has 1 aliphatic rings. The van der Waals surface area contributed by atoms with Gasteiger partial charge in [0, 0.05) is 24.4 Å². The van der Waals surface area contributed by atoms with Crippen LogP contribution in [-0.2, 0) is 6.61 Å². The molecule has 3 heterocycles. The van der Waals surface area contributed by atoms with Crippen LogP contribution in [0.1, 0.15) is 29.5 Å². The van der Waals surface area contributed by atoms with Crippen molar-refractivity contribution in [3.05, 3.63) is 46.7 Å². The lowest BCUT2D eigenvalue weighted by molar-refractivity contribution is 0.190. The highest BCUT2D eigenvalue weighted by molar-refractivity contribution is 7.09. The van der Waals surface area contributed by atoms with Gasteiger partial charge in [-0.2, -0.15) is 0 Å². The first-order valence-electron chi connectivity index (χ1n) is 8.64. The number of nitrogens with two attached hydrogens (primary N) is 1. The van der Waals surface area contributed by atoms with Crippen LogP contribution in [0.5, 0.6) is 5.75 Å². The van der Waals surface area contributed by atoms with Crippen molar-refractivity contribution in [3.63, 3.8) is 0 Å². The normalized spacial score (nSPS) is 15.0. The minimum atomic E-state index is -0.340. The van der Waals surface area contributed by atoms with Gasteiger partial charge in [-0.15, -0.1) is 16.4 Å². The van der Waals surface area contributed by atoms with Crippen molar-refractivity contribution in [2.24, 2.45) is 5.73 Å². The average molecular weight is 385 g/mol. The van der Waals surface area contributed by atoms with Crippen LogP contribution in [0, 0.1) is 0 Å². The number of likely N-dealkylation sites (tertiary alicyclic amines) is 1. The average Bonchev–Trinajstić information content (AvgIpc) is 3.39. The van der Waals surface area contributed by atoms with Crippen LogP contribution in [0.15, 0.2) is 36.0 Å². The van der Waals surface area contributed by atoms with Crippen LogP contribution >= 0.6 is 11.3 Å². The van der Waals surface area contributed by atoms with E-state index in [4.69, 9.17) is 15.5 Å². The molecule has 2 amide bonds. The van der Waals surface area contributed by atoms with Crippen LogP contribution in [0.25, 0.3) is 5.69 Å². The number of rotatable bonds is 5. The Balaban J connectivity index is 1.31. The number of carbonyl (C=O) groups is 1. The van der Waals surface area contributed by atoms with Gasteiger partial charge in [0.15, 0.2) is 0 Å². The molecule has 10 heteroatoms. The standard InChI is InChI=1S/C17H19N7O2S/c18-17(25)23-7-5-12(6-8-23)16-20-13(10-27-16)9-26-15-3-1-14(2-4-15)24-11-19-21-22-24/h1-4,10-12H,5-9H2,(H2,18,25). The van der Waals surface area contributed by atoms with Gasteiger partial charge in [-0.25, -0.2) is 14.5 Å². The van der Waals surface area contributed by atoms with Crippen molar-refractivity contribution in [3.8, 4) is 11.4 Å². The van der Waals surface area contributed by atoms with E-state index in [2.05, 4.69) is 15.5 Å². The number of piperidine rings is 1. The van der Waals surface area contributed by atoms with Crippen molar-refractivity contribution in [2.75, 3.05) is 13.1 Å².